The Bertz CT molecular complexity index is 1280. The number of fused-ring (bicyclic) bond motifs is 1. The van der Waals surface area contributed by atoms with Crippen molar-refractivity contribution < 1.29 is 9.53 Å². The van der Waals surface area contributed by atoms with Gasteiger partial charge in [-0.25, -0.2) is 0 Å². The second kappa shape index (κ2) is 9.11. The Kier molecular flexibility index (Phi) is 6.00. The second-order valence-electron chi connectivity index (χ2n) is 9.57. The summed E-state index contributed by atoms with van der Waals surface area (Å²) in [4.78, 5) is 24.5. The van der Waals surface area contributed by atoms with Crippen molar-refractivity contribution in [3.63, 3.8) is 0 Å². The topological polar surface area (TPSA) is 82.8 Å². The van der Waals surface area contributed by atoms with Crippen molar-refractivity contribution in [2.75, 3.05) is 13.2 Å². The number of nitrogens with zero attached hydrogens (tertiary/aromatic N) is 1. The van der Waals surface area contributed by atoms with Crippen molar-refractivity contribution in [1.29, 1.82) is 0 Å². The van der Waals surface area contributed by atoms with Crippen LogP contribution in [0.3, 0.4) is 0 Å². The molecule has 6 heteroatoms. The van der Waals surface area contributed by atoms with Crippen molar-refractivity contribution >= 4 is 12.0 Å². The van der Waals surface area contributed by atoms with Gasteiger partial charge in [0.25, 0.3) is 5.91 Å². The van der Waals surface area contributed by atoms with Gasteiger partial charge in [0.15, 0.2) is 0 Å². The maximum Gasteiger partial charge on any atom is 0.272 e. The number of hydrogen-bond donors (Lipinski definition) is 3. The first-order chi connectivity index (χ1) is 16.4. The lowest BCUT2D eigenvalue weighted by atomic mass is 9.95. The molecule has 5 rings (SSSR count). The molecule has 4 heterocycles. The molecule has 0 spiro atoms. The fraction of sp³-hybridized carbons (Fsp3) is 0.357. The van der Waals surface area contributed by atoms with E-state index in [2.05, 4.69) is 40.4 Å². The van der Waals surface area contributed by atoms with Crippen LogP contribution in [-0.2, 0) is 11.2 Å². The van der Waals surface area contributed by atoms with Crippen LogP contribution in [0.4, 0.5) is 0 Å². The normalized spacial score (nSPS) is 16.5. The van der Waals surface area contributed by atoms with Crippen LogP contribution in [-0.4, -0.2) is 34.1 Å². The number of aromatic nitrogens is 3. The minimum Gasteiger partial charge on any atom is -0.381 e. The largest absolute Gasteiger partial charge is 0.381 e. The van der Waals surface area contributed by atoms with E-state index >= 15 is 0 Å². The zero-order chi connectivity index (χ0) is 23.8. The Morgan fingerprint density at radius 3 is 2.53 bits per heavy atom. The lowest BCUT2D eigenvalue weighted by molar-refractivity contribution is 0.0845. The number of carbonyl (C=O) groups is 1. The van der Waals surface area contributed by atoms with Gasteiger partial charge in [-0.05, 0) is 87.6 Å². The molecule has 1 fully saturated rings. The second-order valence-corrected chi connectivity index (χ2v) is 9.57. The van der Waals surface area contributed by atoms with E-state index in [4.69, 9.17) is 9.72 Å². The van der Waals surface area contributed by atoms with Crippen LogP contribution < -0.4 is 5.32 Å². The van der Waals surface area contributed by atoms with E-state index in [1.165, 1.54) is 5.57 Å². The minimum absolute atomic E-state index is 0.115. The van der Waals surface area contributed by atoms with Crippen molar-refractivity contribution in [2.45, 2.75) is 52.9 Å². The zero-order valence-electron chi connectivity index (χ0n) is 20.3. The van der Waals surface area contributed by atoms with Crippen LogP contribution in [0, 0.1) is 20.8 Å². The first-order valence-electron chi connectivity index (χ1n) is 12.0. The Hall–Kier alpha value is -3.38. The molecule has 0 unspecified atom stereocenters. The number of allylic oxidation sites excluding steroid dienone is 2. The molecule has 6 nitrogen and oxygen atoms in total. The van der Waals surface area contributed by atoms with E-state index in [-0.39, 0.29) is 5.91 Å². The third-order valence-electron chi connectivity index (χ3n) is 7.14. The Morgan fingerprint density at radius 1 is 1.06 bits per heavy atom. The maximum absolute atomic E-state index is 13.0. The van der Waals surface area contributed by atoms with Gasteiger partial charge in [0.2, 0.25) is 0 Å². The predicted octanol–water partition coefficient (Wildman–Crippen LogP) is 5.50. The van der Waals surface area contributed by atoms with Gasteiger partial charge in [-0.15, -0.1) is 0 Å². The molecule has 3 N–H and O–H groups in total. The molecule has 1 saturated heterocycles. The molecule has 1 amide bonds. The fourth-order valence-corrected chi connectivity index (χ4v) is 4.88. The van der Waals surface area contributed by atoms with Crippen LogP contribution >= 0.6 is 0 Å². The highest BCUT2D eigenvalue weighted by molar-refractivity contribution is 5.96. The Labute approximate surface area is 200 Å². The summed E-state index contributed by atoms with van der Waals surface area (Å²) in [5, 5.41) is 3.10. The molecular formula is C28H32N4O2. The molecule has 34 heavy (non-hydrogen) atoms. The number of carbonyl (C=O) groups excluding carboxylic acids is 1. The van der Waals surface area contributed by atoms with E-state index in [9.17, 15) is 4.79 Å². The monoisotopic (exact) mass is 456 g/mol. The number of hydrogen-bond acceptors (Lipinski definition) is 3. The highest BCUT2D eigenvalue weighted by Crippen LogP contribution is 2.30. The third kappa shape index (κ3) is 4.38. The molecular weight excluding hydrogens is 424 g/mol. The summed E-state index contributed by atoms with van der Waals surface area (Å²) in [6, 6.07) is 6.44. The average molecular weight is 457 g/mol. The lowest BCUT2D eigenvalue weighted by Gasteiger charge is -2.21. The summed E-state index contributed by atoms with van der Waals surface area (Å²) < 4.78 is 5.48. The van der Waals surface area contributed by atoms with Crippen LogP contribution in [0.25, 0.3) is 17.3 Å². The summed E-state index contributed by atoms with van der Waals surface area (Å²) in [6.45, 7) is 9.73. The van der Waals surface area contributed by atoms with Crippen LogP contribution in [0.15, 0.2) is 41.7 Å². The molecule has 1 aliphatic heterocycles. The highest BCUT2D eigenvalue weighted by Gasteiger charge is 2.19. The van der Waals surface area contributed by atoms with E-state index in [1.807, 2.05) is 39.1 Å². The Morgan fingerprint density at radius 2 is 1.85 bits per heavy atom. The van der Waals surface area contributed by atoms with E-state index in [0.29, 0.717) is 11.6 Å². The number of aromatic amines is 2. The van der Waals surface area contributed by atoms with E-state index in [1.54, 1.807) is 0 Å². The molecule has 176 valence electrons. The summed E-state index contributed by atoms with van der Waals surface area (Å²) in [6.07, 6.45) is 8.94. The van der Waals surface area contributed by atoms with Crippen LogP contribution in [0.1, 0.15) is 69.9 Å². The average Bonchev–Trinajstić information content (AvgIpc) is 3.29. The van der Waals surface area contributed by atoms with Crippen molar-refractivity contribution in [2.24, 2.45) is 0 Å². The van der Waals surface area contributed by atoms with Gasteiger partial charge in [0.05, 0.1) is 0 Å². The molecule has 3 aromatic rings. The quantitative estimate of drug-likeness (QED) is 0.485. The fourth-order valence-electron chi connectivity index (χ4n) is 4.88. The predicted molar refractivity (Wildman–Crippen MR) is 135 cm³/mol. The van der Waals surface area contributed by atoms with Crippen molar-refractivity contribution in [1.82, 2.24) is 20.3 Å². The number of amides is 1. The minimum atomic E-state index is -0.115. The maximum atomic E-state index is 13.0. The van der Waals surface area contributed by atoms with Crippen molar-refractivity contribution in [3.8, 4) is 11.3 Å². The van der Waals surface area contributed by atoms with Crippen LogP contribution in [0.5, 0.6) is 0 Å². The van der Waals surface area contributed by atoms with Gasteiger partial charge in [-0.1, -0.05) is 5.57 Å². The molecule has 3 aromatic heterocycles. The molecule has 0 atom stereocenters. The van der Waals surface area contributed by atoms with E-state index < -0.39 is 0 Å². The summed E-state index contributed by atoms with van der Waals surface area (Å²) >= 11 is 0. The number of pyridine rings is 1. The van der Waals surface area contributed by atoms with Crippen LogP contribution in [0.2, 0.25) is 0 Å². The van der Waals surface area contributed by atoms with Gasteiger partial charge in [0.1, 0.15) is 5.69 Å². The number of aryl methyl sites for hydroxylation is 1. The number of rotatable bonds is 4. The van der Waals surface area contributed by atoms with Crippen molar-refractivity contribution in [3.05, 3.63) is 81.2 Å². The smallest absolute Gasteiger partial charge is 0.272 e. The van der Waals surface area contributed by atoms with E-state index in [0.717, 1.165) is 83.2 Å². The highest BCUT2D eigenvalue weighted by atomic mass is 16.5. The first-order valence-corrected chi connectivity index (χ1v) is 12.0. The molecule has 0 radical (unpaired) electrons. The molecule has 0 aromatic carbocycles. The molecule has 2 aliphatic rings. The zero-order valence-corrected chi connectivity index (χ0v) is 20.3. The molecule has 1 aliphatic carbocycles. The number of nitrogens with one attached hydrogen (secondary N) is 3. The van der Waals surface area contributed by atoms with Gasteiger partial charge in [-0.2, -0.15) is 0 Å². The summed E-state index contributed by atoms with van der Waals surface area (Å²) in [7, 11) is 0. The Balaban J connectivity index is 1.38. The van der Waals surface area contributed by atoms with Gasteiger partial charge in [0, 0.05) is 65.8 Å². The lowest BCUT2D eigenvalue weighted by Crippen LogP contribution is -2.23. The molecule has 0 bridgehead atoms. The third-order valence-corrected chi connectivity index (χ3v) is 7.14. The molecule has 0 saturated carbocycles. The van der Waals surface area contributed by atoms with Gasteiger partial charge in [-0.3, -0.25) is 9.78 Å². The summed E-state index contributed by atoms with van der Waals surface area (Å²) in [5.41, 5.74) is 11.2. The van der Waals surface area contributed by atoms with Gasteiger partial charge >= 0.3 is 0 Å². The number of ether oxygens (including phenoxy) is 1. The van der Waals surface area contributed by atoms with Gasteiger partial charge < -0.3 is 20.0 Å². The first kappa shape index (κ1) is 22.4. The SMILES string of the molecule is CC1=CC(NC(=O)c2[nH]c(C)c(C)c2C)=Cc2cc(-c3ccc(C4CCOCC4)nc3)[nH]c2C1. The standard InChI is InChI=1S/C28H32N4O2/c1-16-11-23(31-28(33)27-18(3)17(2)19(4)30-27)13-22-14-26(32-25(22)12-16)21-5-6-24(29-15-21)20-7-9-34-10-8-20/h5-6,11,13-15,20,30,32H,7-10,12H2,1-4H3,(H,31,33). The summed E-state index contributed by atoms with van der Waals surface area (Å²) in [5.74, 6) is 0.372. The number of H-pyrrole nitrogens is 2.